The summed E-state index contributed by atoms with van der Waals surface area (Å²) in [5.74, 6) is -2.63. The molecule has 0 radical (unpaired) electrons. The highest BCUT2D eigenvalue weighted by atomic mass is 19.1. The number of ketones is 1. The van der Waals surface area contributed by atoms with Crippen molar-refractivity contribution in [3.8, 4) is 0 Å². The normalized spacial score (nSPS) is 13.7. The Morgan fingerprint density at radius 1 is 1.35 bits per heavy atom. The van der Waals surface area contributed by atoms with E-state index in [0.717, 1.165) is 4.90 Å². The van der Waals surface area contributed by atoms with Crippen LogP contribution in [0.1, 0.15) is 22.8 Å². The lowest BCUT2D eigenvalue weighted by Gasteiger charge is -2.21. The number of fused-ring (bicyclic) bond motifs is 1. The molecule has 1 aliphatic heterocycles. The molecule has 1 aliphatic rings. The summed E-state index contributed by atoms with van der Waals surface area (Å²) in [7, 11) is 1.58. The molecule has 0 aromatic heterocycles. The van der Waals surface area contributed by atoms with Crippen LogP contribution in [-0.4, -0.2) is 42.6 Å². The molecule has 0 aliphatic carbocycles. The van der Waals surface area contributed by atoms with E-state index >= 15 is 0 Å². The van der Waals surface area contributed by atoms with Gasteiger partial charge < -0.3 is 4.90 Å². The number of carbonyl (C=O) groups is 3. The minimum absolute atomic E-state index is 0.0273. The van der Waals surface area contributed by atoms with E-state index in [1.807, 2.05) is 0 Å². The average Bonchev–Trinajstić information content (AvgIpc) is 2.63. The van der Waals surface area contributed by atoms with Gasteiger partial charge in [-0.25, -0.2) is 4.39 Å². The van der Waals surface area contributed by atoms with Gasteiger partial charge >= 0.3 is 0 Å². The van der Waals surface area contributed by atoms with E-state index in [2.05, 4.69) is 0 Å². The van der Waals surface area contributed by atoms with Crippen molar-refractivity contribution in [3.63, 3.8) is 0 Å². The molecule has 1 aromatic carbocycles. The largest absolute Gasteiger partial charge is 0.344 e. The van der Waals surface area contributed by atoms with Gasteiger partial charge in [-0.3, -0.25) is 19.3 Å². The van der Waals surface area contributed by atoms with Crippen LogP contribution < -0.4 is 4.90 Å². The van der Waals surface area contributed by atoms with Crippen molar-refractivity contribution in [3.05, 3.63) is 29.1 Å². The Kier molecular flexibility index (Phi) is 3.57. The molecule has 5 nitrogen and oxygen atoms in total. The number of Topliss-reactive ketones (excluding diaryl/α,β-unsaturated/α-hetero) is 1. The number of aryl methyl sites for hydroxylation is 1. The van der Waals surface area contributed by atoms with Crippen LogP contribution in [0.3, 0.4) is 0 Å². The van der Waals surface area contributed by atoms with Crippen LogP contribution in [0.2, 0.25) is 0 Å². The molecule has 1 heterocycles. The Labute approximate surface area is 116 Å². The fourth-order valence-electron chi connectivity index (χ4n) is 2.10. The summed E-state index contributed by atoms with van der Waals surface area (Å²) in [4.78, 5) is 38.0. The summed E-state index contributed by atoms with van der Waals surface area (Å²) in [6, 6.07) is 2.71. The first-order valence-electron chi connectivity index (χ1n) is 6.27. The third-order valence-electron chi connectivity index (χ3n) is 3.36. The molecule has 1 aromatic rings. The predicted octanol–water partition coefficient (Wildman–Crippen LogP) is 1.14. The third kappa shape index (κ3) is 2.17. The maximum Gasteiger partial charge on any atom is 0.300 e. The van der Waals surface area contributed by atoms with Crippen LogP contribution in [0.5, 0.6) is 0 Å². The van der Waals surface area contributed by atoms with Gasteiger partial charge in [-0.2, -0.15) is 0 Å². The molecule has 2 rings (SSSR count). The van der Waals surface area contributed by atoms with Crippen molar-refractivity contribution < 1.29 is 18.8 Å². The lowest BCUT2D eigenvalue weighted by Crippen LogP contribution is -2.41. The Hall–Kier alpha value is -2.24. The monoisotopic (exact) mass is 278 g/mol. The molecular formula is C14H15FN2O3. The third-order valence-corrected chi connectivity index (χ3v) is 3.36. The first kappa shape index (κ1) is 14.2. The van der Waals surface area contributed by atoms with Crippen molar-refractivity contribution in [1.82, 2.24) is 4.90 Å². The highest BCUT2D eigenvalue weighted by Crippen LogP contribution is 2.32. The van der Waals surface area contributed by atoms with Gasteiger partial charge in [0.1, 0.15) is 12.4 Å². The number of hydrogen-bond donors (Lipinski definition) is 0. The molecule has 0 saturated heterocycles. The second kappa shape index (κ2) is 5.03. The molecule has 0 fully saturated rings. The zero-order valence-corrected chi connectivity index (χ0v) is 11.6. The first-order chi connectivity index (χ1) is 9.36. The summed E-state index contributed by atoms with van der Waals surface area (Å²) in [5.41, 5.74) is 0.490. The number of halogens is 1. The number of amides is 2. The number of hydrogen-bond acceptors (Lipinski definition) is 3. The molecule has 0 bridgehead atoms. The minimum Gasteiger partial charge on any atom is -0.344 e. The molecule has 0 saturated carbocycles. The maximum atomic E-state index is 14.0. The topological polar surface area (TPSA) is 57.7 Å². The van der Waals surface area contributed by atoms with E-state index in [4.69, 9.17) is 0 Å². The standard InChI is InChI=1S/C14H15FN2O3/c1-4-16(3)11(18)7-17-12-9(13(19)14(17)20)5-8(2)6-10(12)15/h5-6H,4,7H2,1-3H3. The van der Waals surface area contributed by atoms with E-state index in [0.29, 0.717) is 12.1 Å². The van der Waals surface area contributed by atoms with E-state index in [1.165, 1.54) is 17.0 Å². The SMILES string of the molecule is CCN(C)C(=O)CN1C(=O)C(=O)c2cc(C)cc(F)c21. The van der Waals surface area contributed by atoms with Gasteiger partial charge in [-0.1, -0.05) is 0 Å². The zero-order valence-electron chi connectivity index (χ0n) is 11.6. The van der Waals surface area contributed by atoms with Gasteiger partial charge in [0, 0.05) is 13.6 Å². The van der Waals surface area contributed by atoms with Crippen LogP contribution in [0.15, 0.2) is 12.1 Å². The van der Waals surface area contributed by atoms with Crippen LogP contribution in [0.25, 0.3) is 0 Å². The van der Waals surface area contributed by atoms with E-state index < -0.39 is 17.5 Å². The van der Waals surface area contributed by atoms with E-state index in [1.54, 1.807) is 20.9 Å². The lowest BCUT2D eigenvalue weighted by atomic mass is 10.1. The maximum absolute atomic E-state index is 14.0. The minimum atomic E-state index is -0.859. The summed E-state index contributed by atoms with van der Waals surface area (Å²) in [6.07, 6.45) is 0. The quantitative estimate of drug-likeness (QED) is 0.779. The molecule has 0 spiro atoms. The molecular weight excluding hydrogens is 263 g/mol. The van der Waals surface area contributed by atoms with Gasteiger partial charge in [0.15, 0.2) is 0 Å². The molecule has 0 N–H and O–H groups in total. The van der Waals surface area contributed by atoms with Gasteiger partial charge in [-0.05, 0) is 31.5 Å². The summed E-state index contributed by atoms with van der Waals surface area (Å²) < 4.78 is 14.0. The number of rotatable bonds is 3. The Morgan fingerprint density at radius 2 is 2.00 bits per heavy atom. The number of benzene rings is 1. The molecule has 20 heavy (non-hydrogen) atoms. The highest BCUT2D eigenvalue weighted by molar-refractivity contribution is 6.52. The number of likely N-dealkylation sites (N-methyl/N-ethyl adjacent to an activating group) is 1. The summed E-state index contributed by atoms with van der Waals surface area (Å²) in [6.45, 7) is 3.56. The average molecular weight is 278 g/mol. The Balaban J connectivity index is 2.41. The van der Waals surface area contributed by atoms with Crippen molar-refractivity contribution in [2.45, 2.75) is 13.8 Å². The Bertz CT molecular complexity index is 613. The van der Waals surface area contributed by atoms with Crippen molar-refractivity contribution >= 4 is 23.3 Å². The Morgan fingerprint density at radius 3 is 2.60 bits per heavy atom. The van der Waals surface area contributed by atoms with Gasteiger partial charge in [0.2, 0.25) is 5.91 Å². The van der Waals surface area contributed by atoms with Crippen molar-refractivity contribution in [2.75, 3.05) is 25.0 Å². The second-order valence-corrected chi connectivity index (χ2v) is 4.77. The molecule has 0 atom stereocenters. The number of carbonyl (C=O) groups excluding carboxylic acids is 3. The van der Waals surface area contributed by atoms with Crippen LogP contribution >= 0.6 is 0 Å². The smallest absolute Gasteiger partial charge is 0.300 e. The number of nitrogens with zero attached hydrogens (tertiary/aromatic N) is 2. The van der Waals surface area contributed by atoms with E-state index in [9.17, 15) is 18.8 Å². The fraction of sp³-hybridized carbons (Fsp3) is 0.357. The number of anilines is 1. The predicted molar refractivity (Wildman–Crippen MR) is 71.1 cm³/mol. The summed E-state index contributed by atoms with van der Waals surface area (Å²) in [5, 5.41) is 0. The van der Waals surface area contributed by atoms with E-state index in [-0.39, 0.29) is 23.7 Å². The first-order valence-corrected chi connectivity index (χ1v) is 6.27. The van der Waals surface area contributed by atoms with Crippen LogP contribution in [-0.2, 0) is 9.59 Å². The molecule has 106 valence electrons. The molecule has 2 amide bonds. The molecule has 6 heteroatoms. The van der Waals surface area contributed by atoms with Crippen LogP contribution in [0, 0.1) is 12.7 Å². The van der Waals surface area contributed by atoms with Crippen molar-refractivity contribution in [1.29, 1.82) is 0 Å². The van der Waals surface area contributed by atoms with Gasteiger partial charge in [0.25, 0.3) is 11.7 Å². The summed E-state index contributed by atoms with van der Waals surface area (Å²) >= 11 is 0. The molecule has 0 unspecified atom stereocenters. The second-order valence-electron chi connectivity index (χ2n) is 4.77. The zero-order chi connectivity index (χ0) is 15.0. The fourth-order valence-corrected chi connectivity index (χ4v) is 2.10. The van der Waals surface area contributed by atoms with Gasteiger partial charge in [0.05, 0.1) is 11.3 Å². The van der Waals surface area contributed by atoms with Crippen LogP contribution in [0.4, 0.5) is 10.1 Å². The highest BCUT2D eigenvalue weighted by Gasteiger charge is 2.39. The van der Waals surface area contributed by atoms with Crippen molar-refractivity contribution in [2.24, 2.45) is 0 Å². The lowest BCUT2D eigenvalue weighted by molar-refractivity contribution is -0.129. The van der Waals surface area contributed by atoms with Gasteiger partial charge in [-0.15, -0.1) is 0 Å².